The van der Waals surface area contributed by atoms with E-state index in [1.54, 1.807) is 0 Å². The molecule has 18 heteroatoms. The number of aliphatic hydroxyl groups is 12. The fraction of sp³-hybridized carbons (Fsp3) is 0.958. The van der Waals surface area contributed by atoms with Crippen molar-refractivity contribution in [2.45, 2.75) is 210 Å². The summed E-state index contributed by atoms with van der Waals surface area (Å²) in [5.41, 5.74) is 0.320. The van der Waals surface area contributed by atoms with Gasteiger partial charge in [-0.15, -0.1) is 0 Å². The standard InChI is InChI=1S/C48H80O18/c1-22(19-61-41-37(58)35(56)33(54)27(17-49)63-41)7-8-26(52)23(2)25-11-13-46(6)30-10-9-29-44(4,21-51)31(12-14-47(29)20-48(30,47)16-15-45(25,46)5)65-43-39(60)36(57)40(28(18-50)64-43)66-42-38(59)34(55)32(53)24(3)62-42/h7,23-43,49-60H,8-21H2,1-6H3/t23-,24+,25+,26-,27+,28+,29-,30+,31-,32-,33+,34-,35-,36+,37+,38+,39+,40+,41+,42-,43-,44-,45+,46-,47+,48-/m0/s1. The molecule has 0 aromatic rings. The summed E-state index contributed by atoms with van der Waals surface area (Å²) >= 11 is 0. The van der Waals surface area contributed by atoms with E-state index in [1.165, 1.54) is 6.92 Å². The van der Waals surface area contributed by atoms with E-state index in [9.17, 15) is 61.3 Å². The quantitative estimate of drug-likeness (QED) is 0.0778. The minimum absolute atomic E-state index is 0.00607. The molecule has 0 unspecified atom stereocenters. The Morgan fingerprint density at radius 1 is 0.652 bits per heavy atom. The Bertz CT molecular complexity index is 1720. The van der Waals surface area contributed by atoms with Crippen molar-refractivity contribution in [1.29, 1.82) is 0 Å². The summed E-state index contributed by atoms with van der Waals surface area (Å²) in [6.07, 6.45) is -11.0. The van der Waals surface area contributed by atoms with Crippen LogP contribution in [0.15, 0.2) is 11.6 Å². The molecule has 18 nitrogen and oxygen atoms in total. The van der Waals surface area contributed by atoms with Gasteiger partial charge in [-0.25, -0.2) is 0 Å². The van der Waals surface area contributed by atoms with E-state index in [0.717, 1.165) is 56.9 Å². The summed E-state index contributed by atoms with van der Waals surface area (Å²) in [6, 6.07) is 0. The first-order valence-electron chi connectivity index (χ1n) is 24.6. The second kappa shape index (κ2) is 18.9. The molecule has 3 saturated heterocycles. The van der Waals surface area contributed by atoms with Crippen molar-refractivity contribution >= 4 is 0 Å². The van der Waals surface area contributed by atoms with Crippen LogP contribution in [0.5, 0.6) is 0 Å². The van der Waals surface area contributed by atoms with Crippen molar-refractivity contribution < 1.29 is 89.7 Å². The fourth-order valence-electron chi connectivity index (χ4n) is 15.5. The van der Waals surface area contributed by atoms with E-state index >= 15 is 0 Å². The monoisotopic (exact) mass is 945 g/mol. The third kappa shape index (κ3) is 8.00. The van der Waals surface area contributed by atoms with Crippen molar-refractivity contribution in [2.24, 2.45) is 50.7 Å². The Morgan fingerprint density at radius 2 is 1.26 bits per heavy atom. The van der Waals surface area contributed by atoms with Crippen molar-refractivity contribution in [3.05, 3.63) is 11.6 Å². The maximum absolute atomic E-state index is 11.7. The highest BCUT2D eigenvalue weighted by molar-refractivity contribution is 5.31. The highest BCUT2D eigenvalue weighted by Crippen LogP contribution is 2.89. The Morgan fingerprint density at radius 3 is 1.94 bits per heavy atom. The summed E-state index contributed by atoms with van der Waals surface area (Å²) < 4.78 is 35.2. The fourth-order valence-corrected chi connectivity index (χ4v) is 15.5. The molecule has 0 aromatic heterocycles. The van der Waals surface area contributed by atoms with Gasteiger partial charge < -0.3 is 89.7 Å². The van der Waals surface area contributed by atoms with Crippen LogP contribution in [0.25, 0.3) is 0 Å². The van der Waals surface area contributed by atoms with Crippen molar-refractivity contribution in [3.63, 3.8) is 0 Å². The molecule has 8 fully saturated rings. The van der Waals surface area contributed by atoms with E-state index in [1.807, 2.05) is 13.0 Å². The van der Waals surface area contributed by atoms with Gasteiger partial charge in [0.15, 0.2) is 18.9 Å². The van der Waals surface area contributed by atoms with E-state index in [2.05, 4.69) is 27.7 Å². The van der Waals surface area contributed by atoms with Gasteiger partial charge in [-0.05, 0) is 123 Å². The Kier molecular flexibility index (Phi) is 14.7. The lowest BCUT2D eigenvalue weighted by molar-refractivity contribution is -0.366. The number of hydrogen-bond acceptors (Lipinski definition) is 18. The Balaban J connectivity index is 0.897. The second-order valence-electron chi connectivity index (χ2n) is 22.7. The van der Waals surface area contributed by atoms with Crippen LogP contribution < -0.4 is 0 Å². The van der Waals surface area contributed by atoms with Gasteiger partial charge in [-0.1, -0.05) is 39.3 Å². The van der Waals surface area contributed by atoms with E-state index in [-0.39, 0.29) is 46.7 Å². The third-order valence-corrected chi connectivity index (χ3v) is 19.7. The molecule has 8 aliphatic rings. The van der Waals surface area contributed by atoms with Crippen LogP contribution in [0.4, 0.5) is 0 Å². The maximum Gasteiger partial charge on any atom is 0.187 e. The van der Waals surface area contributed by atoms with Crippen LogP contribution >= 0.6 is 0 Å². The molecular weight excluding hydrogens is 865 g/mol. The van der Waals surface area contributed by atoms with Crippen molar-refractivity contribution in [3.8, 4) is 0 Å². The number of aliphatic hydroxyl groups excluding tert-OH is 12. The zero-order valence-corrected chi connectivity index (χ0v) is 39.4. The van der Waals surface area contributed by atoms with Gasteiger partial charge in [0.2, 0.25) is 0 Å². The van der Waals surface area contributed by atoms with E-state index in [0.29, 0.717) is 24.7 Å². The van der Waals surface area contributed by atoms with Crippen molar-refractivity contribution in [2.75, 3.05) is 26.4 Å². The molecule has 2 spiro atoms. The average molecular weight is 945 g/mol. The molecule has 26 atom stereocenters. The van der Waals surface area contributed by atoms with Crippen LogP contribution in [-0.4, -0.2) is 192 Å². The van der Waals surface area contributed by atoms with Crippen LogP contribution in [0.1, 0.15) is 106 Å². The van der Waals surface area contributed by atoms with Gasteiger partial charge in [0.1, 0.15) is 67.1 Å². The molecule has 0 aromatic carbocycles. The largest absolute Gasteiger partial charge is 0.396 e. The Hall–Kier alpha value is -0.980. The zero-order valence-electron chi connectivity index (χ0n) is 39.4. The van der Waals surface area contributed by atoms with Crippen LogP contribution in [-0.2, 0) is 28.4 Å². The maximum atomic E-state index is 11.7. The topological polar surface area (TPSA) is 298 Å². The molecule has 5 saturated carbocycles. The van der Waals surface area contributed by atoms with Crippen molar-refractivity contribution in [1.82, 2.24) is 0 Å². The summed E-state index contributed by atoms with van der Waals surface area (Å²) in [5, 5.41) is 127. The molecule has 66 heavy (non-hydrogen) atoms. The summed E-state index contributed by atoms with van der Waals surface area (Å²) in [6.45, 7) is 11.3. The molecule has 3 aliphatic heterocycles. The third-order valence-electron chi connectivity index (χ3n) is 19.7. The lowest BCUT2D eigenvalue weighted by Gasteiger charge is -2.64. The number of fused-ring (bicyclic) bond motifs is 2. The number of hydrogen-bond donors (Lipinski definition) is 12. The molecule has 380 valence electrons. The molecule has 3 heterocycles. The highest BCUT2D eigenvalue weighted by Gasteiger charge is 2.82. The SMILES string of the molecule is CC(=CC[C@H](O)[C@@H](C)[C@H]1CC[C@@]2(C)[C@H]3CC[C@H]4[C@](C)(CO)[C@@H](O[C@@H]5O[C@H](CO)[C@@H](O[C@@H]6O[C@H](C)[C@H](O)[C@H](O)[C@H]6O)[C@H](O)[C@H]5O)CC[C@@]45C[C@@]35CC[C@]12C)CO[C@@H]1O[C@H](CO)[C@@H](O)[C@H](O)[C@H]1O. The summed E-state index contributed by atoms with van der Waals surface area (Å²) in [4.78, 5) is 0. The molecule has 0 amide bonds. The molecule has 5 aliphatic carbocycles. The van der Waals surface area contributed by atoms with Gasteiger partial charge in [-0.2, -0.15) is 0 Å². The first-order valence-corrected chi connectivity index (χ1v) is 24.6. The first-order chi connectivity index (χ1) is 31.1. The van der Waals surface area contributed by atoms with Gasteiger partial charge in [0.05, 0.1) is 44.7 Å². The van der Waals surface area contributed by atoms with Gasteiger partial charge >= 0.3 is 0 Å². The number of rotatable bonds is 14. The first kappa shape index (κ1) is 51.4. The van der Waals surface area contributed by atoms with E-state index < -0.39 is 123 Å². The summed E-state index contributed by atoms with van der Waals surface area (Å²) in [7, 11) is 0. The van der Waals surface area contributed by atoms with Gasteiger partial charge in [0, 0.05) is 5.41 Å². The van der Waals surface area contributed by atoms with Crippen LogP contribution in [0.2, 0.25) is 0 Å². The Labute approximate surface area is 387 Å². The minimum Gasteiger partial charge on any atom is -0.396 e. The van der Waals surface area contributed by atoms with E-state index in [4.69, 9.17) is 28.4 Å². The second-order valence-corrected chi connectivity index (χ2v) is 22.7. The van der Waals surface area contributed by atoms with Gasteiger partial charge in [0.25, 0.3) is 0 Å². The molecule has 12 N–H and O–H groups in total. The summed E-state index contributed by atoms with van der Waals surface area (Å²) in [5.74, 6) is 0.953. The predicted molar refractivity (Wildman–Crippen MR) is 231 cm³/mol. The average Bonchev–Trinajstić information content (AvgIpc) is 3.89. The van der Waals surface area contributed by atoms with Gasteiger partial charge in [-0.3, -0.25) is 0 Å². The number of ether oxygens (including phenoxy) is 6. The lowest BCUT2D eigenvalue weighted by atomic mass is 9.41. The molecule has 0 bridgehead atoms. The normalized spacial score (nSPS) is 54.7. The van der Waals surface area contributed by atoms with Crippen LogP contribution in [0.3, 0.4) is 0 Å². The molecular formula is C48H80O18. The zero-order chi connectivity index (χ0) is 48.1. The molecule has 0 radical (unpaired) electrons. The predicted octanol–water partition coefficient (Wildman–Crippen LogP) is -0.415. The minimum atomic E-state index is -1.67. The highest BCUT2D eigenvalue weighted by atomic mass is 16.7. The molecule has 8 rings (SSSR count). The lowest BCUT2D eigenvalue weighted by Crippen LogP contribution is -2.65. The van der Waals surface area contributed by atoms with Crippen LogP contribution in [0, 0.1) is 50.7 Å². The smallest absolute Gasteiger partial charge is 0.187 e.